The fourth-order valence-corrected chi connectivity index (χ4v) is 4.30. The first-order chi connectivity index (χ1) is 13.4. The van der Waals surface area contributed by atoms with E-state index in [1.807, 2.05) is 49.4 Å². The molecule has 0 radical (unpaired) electrons. The molecule has 3 rings (SSSR count). The van der Waals surface area contributed by atoms with Gasteiger partial charge in [0.15, 0.2) is 0 Å². The van der Waals surface area contributed by atoms with Crippen LogP contribution in [0.25, 0.3) is 10.8 Å². The maximum atomic E-state index is 12.5. The van der Waals surface area contributed by atoms with E-state index in [4.69, 9.17) is 11.6 Å². The minimum atomic E-state index is -3.69. The number of hydrogen-bond acceptors (Lipinski definition) is 3. The monoisotopic (exact) mass is 416 g/mol. The Bertz CT molecular complexity index is 1100. The third-order valence-corrected chi connectivity index (χ3v) is 6.23. The van der Waals surface area contributed by atoms with Gasteiger partial charge in [0.05, 0.1) is 10.9 Å². The topological polar surface area (TPSA) is 75.3 Å². The molecule has 3 aromatic carbocycles. The highest BCUT2D eigenvalue weighted by Crippen LogP contribution is 2.22. The third-order valence-electron chi connectivity index (χ3n) is 4.42. The van der Waals surface area contributed by atoms with Gasteiger partial charge < -0.3 is 5.32 Å². The SMILES string of the molecule is CC(NC(=O)CCNS(=O)(=O)c1ccc2ccccc2c1)c1ccccc1Cl. The Morgan fingerprint density at radius 1 is 1.00 bits per heavy atom. The van der Waals surface area contributed by atoms with Crippen molar-refractivity contribution in [2.45, 2.75) is 24.3 Å². The number of sulfonamides is 1. The van der Waals surface area contributed by atoms with Gasteiger partial charge in [-0.25, -0.2) is 13.1 Å². The van der Waals surface area contributed by atoms with E-state index >= 15 is 0 Å². The zero-order chi connectivity index (χ0) is 20.1. The number of amides is 1. The van der Waals surface area contributed by atoms with E-state index in [1.54, 1.807) is 24.3 Å². The van der Waals surface area contributed by atoms with Crippen LogP contribution >= 0.6 is 11.6 Å². The molecular formula is C21H21ClN2O3S. The van der Waals surface area contributed by atoms with Gasteiger partial charge in [-0.05, 0) is 41.5 Å². The molecule has 0 heterocycles. The van der Waals surface area contributed by atoms with Crippen LogP contribution in [0.4, 0.5) is 0 Å². The van der Waals surface area contributed by atoms with Crippen molar-refractivity contribution in [1.29, 1.82) is 0 Å². The molecule has 5 nitrogen and oxygen atoms in total. The average molecular weight is 417 g/mol. The van der Waals surface area contributed by atoms with Crippen molar-refractivity contribution >= 4 is 38.3 Å². The van der Waals surface area contributed by atoms with E-state index in [0.717, 1.165) is 16.3 Å². The zero-order valence-electron chi connectivity index (χ0n) is 15.4. The first-order valence-electron chi connectivity index (χ1n) is 8.89. The largest absolute Gasteiger partial charge is 0.349 e. The molecule has 1 unspecified atom stereocenters. The second kappa shape index (κ2) is 8.73. The van der Waals surface area contributed by atoms with Crippen LogP contribution in [0, 0.1) is 0 Å². The number of nitrogens with one attached hydrogen (secondary N) is 2. The van der Waals surface area contributed by atoms with Gasteiger partial charge in [0.25, 0.3) is 0 Å². The molecule has 7 heteroatoms. The molecule has 1 atom stereocenters. The minimum absolute atomic E-state index is 0.0102. The van der Waals surface area contributed by atoms with Crippen LogP contribution in [0.3, 0.4) is 0 Å². The highest BCUT2D eigenvalue weighted by molar-refractivity contribution is 7.89. The lowest BCUT2D eigenvalue weighted by Gasteiger charge is -2.16. The normalized spacial score (nSPS) is 12.6. The molecule has 0 aliphatic rings. The lowest BCUT2D eigenvalue weighted by Crippen LogP contribution is -2.32. The fourth-order valence-electron chi connectivity index (χ4n) is 2.93. The van der Waals surface area contributed by atoms with Crippen LogP contribution in [0.1, 0.15) is 24.9 Å². The van der Waals surface area contributed by atoms with E-state index in [2.05, 4.69) is 10.0 Å². The fraction of sp³-hybridized carbons (Fsp3) is 0.190. The van der Waals surface area contributed by atoms with Gasteiger partial charge in [0, 0.05) is 18.0 Å². The lowest BCUT2D eigenvalue weighted by molar-refractivity contribution is -0.121. The van der Waals surface area contributed by atoms with Crippen LogP contribution in [0.2, 0.25) is 5.02 Å². The quantitative estimate of drug-likeness (QED) is 0.610. The predicted molar refractivity (Wildman–Crippen MR) is 112 cm³/mol. The number of benzene rings is 3. The standard InChI is InChI=1S/C21H21ClN2O3S/c1-15(19-8-4-5-9-20(19)22)24-21(25)12-13-23-28(26,27)18-11-10-16-6-2-3-7-17(16)14-18/h2-11,14-15,23H,12-13H2,1H3,(H,24,25). The van der Waals surface area contributed by atoms with Crippen LogP contribution < -0.4 is 10.0 Å². The van der Waals surface area contributed by atoms with Gasteiger partial charge in [0.1, 0.15) is 0 Å². The number of rotatable bonds is 7. The predicted octanol–water partition coefficient (Wildman–Crippen LogP) is 4.04. The number of carbonyl (C=O) groups excluding carboxylic acids is 1. The summed E-state index contributed by atoms with van der Waals surface area (Å²) in [5, 5.41) is 5.22. The first kappa shape index (κ1) is 20.3. The Hall–Kier alpha value is -2.41. The smallest absolute Gasteiger partial charge is 0.240 e. The molecule has 3 aromatic rings. The van der Waals surface area contributed by atoms with Gasteiger partial charge >= 0.3 is 0 Å². The summed E-state index contributed by atoms with van der Waals surface area (Å²) in [6.07, 6.45) is 0.0294. The van der Waals surface area contributed by atoms with E-state index in [0.29, 0.717) is 5.02 Å². The summed E-state index contributed by atoms with van der Waals surface area (Å²) >= 11 is 6.13. The summed E-state index contributed by atoms with van der Waals surface area (Å²) in [4.78, 5) is 12.3. The summed E-state index contributed by atoms with van der Waals surface area (Å²) in [6.45, 7) is 1.84. The molecule has 146 valence electrons. The van der Waals surface area contributed by atoms with Gasteiger partial charge in [-0.1, -0.05) is 60.1 Å². The van der Waals surface area contributed by atoms with Gasteiger partial charge in [0.2, 0.25) is 15.9 Å². The maximum Gasteiger partial charge on any atom is 0.240 e. The average Bonchev–Trinajstić information content (AvgIpc) is 2.67. The van der Waals surface area contributed by atoms with Crippen molar-refractivity contribution in [3.05, 3.63) is 77.3 Å². The van der Waals surface area contributed by atoms with E-state index < -0.39 is 10.0 Å². The van der Waals surface area contributed by atoms with Crippen LogP contribution in [-0.2, 0) is 14.8 Å². The van der Waals surface area contributed by atoms with Crippen molar-refractivity contribution in [3.8, 4) is 0 Å². The maximum absolute atomic E-state index is 12.5. The van der Waals surface area contributed by atoms with Crippen LogP contribution in [-0.4, -0.2) is 20.9 Å². The van der Waals surface area contributed by atoms with E-state index in [9.17, 15) is 13.2 Å². The molecule has 28 heavy (non-hydrogen) atoms. The second-order valence-corrected chi connectivity index (χ2v) is 8.64. The summed E-state index contributed by atoms with van der Waals surface area (Å²) < 4.78 is 27.5. The van der Waals surface area contributed by atoms with E-state index in [1.165, 1.54) is 0 Å². The number of fused-ring (bicyclic) bond motifs is 1. The summed E-state index contributed by atoms with van der Waals surface area (Å²) in [6, 6.07) is 19.5. The van der Waals surface area contributed by atoms with Gasteiger partial charge in [-0.3, -0.25) is 4.79 Å². The second-order valence-electron chi connectivity index (χ2n) is 6.47. The Morgan fingerprint density at radius 3 is 2.43 bits per heavy atom. The number of hydrogen-bond donors (Lipinski definition) is 2. The zero-order valence-corrected chi connectivity index (χ0v) is 16.9. The molecule has 0 saturated heterocycles. The van der Waals surface area contributed by atoms with Crippen molar-refractivity contribution in [2.24, 2.45) is 0 Å². The third kappa shape index (κ3) is 4.90. The molecule has 0 fully saturated rings. The van der Waals surface area contributed by atoms with Gasteiger partial charge in [-0.2, -0.15) is 0 Å². The Labute approximate surface area is 169 Å². The molecule has 0 spiro atoms. The summed E-state index contributed by atoms with van der Waals surface area (Å²) in [5.41, 5.74) is 0.814. The highest BCUT2D eigenvalue weighted by atomic mass is 35.5. The Kier molecular flexibility index (Phi) is 6.34. The van der Waals surface area contributed by atoms with Gasteiger partial charge in [-0.15, -0.1) is 0 Å². The summed E-state index contributed by atoms with van der Waals surface area (Å²) in [5.74, 6) is -0.256. The van der Waals surface area contributed by atoms with Crippen molar-refractivity contribution in [3.63, 3.8) is 0 Å². The van der Waals surface area contributed by atoms with Crippen LogP contribution in [0.15, 0.2) is 71.6 Å². The highest BCUT2D eigenvalue weighted by Gasteiger charge is 2.16. The summed E-state index contributed by atoms with van der Waals surface area (Å²) in [7, 11) is -3.69. The number of halogens is 1. The van der Waals surface area contributed by atoms with Crippen LogP contribution in [0.5, 0.6) is 0 Å². The Balaban J connectivity index is 1.57. The van der Waals surface area contributed by atoms with Crippen molar-refractivity contribution in [2.75, 3.05) is 6.54 Å². The number of carbonyl (C=O) groups is 1. The molecule has 0 saturated carbocycles. The van der Waals surface area contributed by atoms with Crippen molar-refractivity contribution in [1.82, 2.24) is 10.0 Å². The molecule has 2 N–H and O–H groups in total. The lowest BCUT2D eigenvalue weighted by atomic mass is 10.1. The molecule has 0 aliphatic heterocycles. The molecule has 1 amide bonds. The molecule has 0 aliphatic carbocycles. The molecule has 0 bridgehead atoms. The first-order valence-corrected chi connectivity index (χ1v) is 10.8. The Morgan fingerprint density at radius 2 is 1.68 bits per heavy atom. The molecule has 0 aromatic heterocycles. The van der Waals surface area contributed by atoms with E-state index in [-0.39, 0.29) is 29.8 Å². The minimum Gasteiger partial charge on any atom is -0.349 e. The van der Waals surface area contributed by atoms with Crippen molar-refractivity contribution < 1.29 is 13.2 Å². The molecular weight excluding hydrogens is 396 g/mol.